The van der Waals surface area contributed by atoms with Crippen LogP contribution in [0.15, 0.2) is 4.42 Å². The van der Waals surface area contributed by atoms with E-state index in [1.807, 2.05) is 0 Å². The smallest absolute Gasteiger partial charge is 0.244 e. The lowest BCUT2D eigenvalue weighted by molar-refractivity contribution is 0.157. The van der Waals surface area contributed by atoms with Crippen LogP contribution in [0.2, 0.25) is 0 Å². The molecule has 1 aliphatic carbocycles. The number of aliphatic hydroxyl groups is 1. The minimum absolute atomic E-state index is 0.330. The fraction of sp³-hybridized carbons (Fsp3) is 0.750. The molecule has 0 radical (unpaired) electrons. The minimum atomic E-state index is -0.647. The van der Waals surface area contributed by atoms with Gasteiger partial charge < -0.3 is 9.52 Å². The zero-order chi connectivity index (χ0) is 8.55. The molecular weight excluding hydrogens is 156 g/mol. The maximum atomic E-state index is 9.11. The Labute approximate surface area is 70.6 Å². The zero-order valence-corrected chi connectivity index (χ0v) is 7.03. The quantitative estimate of drug-likeness (QED) is 0.724. The van der Waals surface area contributed by atoms with Gasteiger partial charge in [-0.25, -0.2) is 0 Å². The predicted molar refractivity (Wildman–Crippen MR) is 41.5 cm³/mol. The number of hydrogen-bond donors (Lipinski definition) is 1. The van der Waals surface area contributed by atoms with Gasteiger partial charge in [-0.1, -0.05) is 6.42 Å². The lowest BCUT2D eigenvalue weighted by Crippen LogP contribution is -2.08. The molecule has 1 aliphatic rings. The second-order valence-electron chi connectivity index (χ2n) is 3.28. The van der Waals surface area contributed by atoms with Crippen molar-refractivity contribution in [1.82, 2.24) is 10.2 Å². The van der Waals surface area contributed by atoms with Gasteiger partial charge in [0, 0.05) is 5.92 Å². The summed E-state index contributed by atoms with van der Waals surface area (Å²) in [6.45, 7) is 1.62. The lowest BCUT2D eigenvalue weighted by Gasteiger charge is -2.20. The van der Waals surface area contributed by atoms with E-state index in [9.17, 15) is 0 Å². The molecule has 0 saturated heterocycles. The highest BCUT2D eigenvalue weighted by molar-refractivity contribution is 4.96. The molecule has 1 aromatic rings. The minimum Gasteiger partial charge on any atom is -0.422 e. The van der Waals surface area contributed by atoms with Crippen molar-refractivity contribution in [3.05, 3.63) is 11.8 Å². The Bertz CT molecular complexity index is 266. The average Bonchev–Trinajstić information content (AvgIpc) is 2.32. The fourth-order valence-corrected chi connectivity index (χ4v) is 1.24. The van der Waals surface area contributed by atoms with Crippen LogP contribution in [0.1, 0.15) is 50.0 Å². The van der Waals surface area contributed by atoms with Crippen molar-refractivity contribution in [3.63, 3.8) is 0 Å². The van der Waals surface area contributed by atoms with Gasteiger partial charge in [0.05, 0.1) is 0 Å². The van der Waals surface area contributed by atoms with Crippen molar-refractivity contribution in [3.8, 4) is 0 Å². The number of nitrogens with zero attached hydrogens (tertiary/aromatic N) is 2. The third kappa shape index (κ3) is 1.22. The fourth-order valence-electron chi connectivity index (χ4n) is 1.24. The van der Waals surface area contributed by atoms with Gasteiger partial charge in [-0.2, -0.15) is 0 Å². The van der Waals surface area contributed by atoms with Crippen molar-refractivity contribution in [2.75, 3.05) is 0 Å². The number of aromatic nitrogens is 2. The highest BCUT2D eigenvalue weighted by atomic mass is 16.4. The van der Waals surface area contributed by atoms with E-state index in [4.69, 9.17) is 9.52 Å². The first-order valence-electron chi connectivity index (χ1n) is 4.28. The Morgan fingerprint density at radius 1 is 1.50 bits per heavy atom. The van der Waals surface area contributed by atoms with E-state index < -0.39 is 6.10 Å². The van der Waals surface area contributed by atoms with Gasteiger partial charge in [-0.15, -0.1) is 10.2 Å². The van der Waals surface area contributed by atoms with Crippen LogP contribution in [0, 0.1) is 0 Å². The molecule has 1 fully saturated rings. The first kappa shape index (κ1) is 7.73. The third-order valence-electron chi connectivity index (χ3n) is 2.27. The zero-order valence-electron chi connectivity index (χ0n) is 7.03. The molecule has 12 heavy (non-hydrogen) atoms. The van der Waals surface area contributed by atoms with Gasteiger partial charge in [0.2, 0.25) is 11.8 Å². The van der Waals surface area contributed by atoms with E-state index >= 15 is 0 Å². The molecule has 0 aliphatic heterocycles. The summed E-state index contributed by atoms with van der Waals surface area (Å²) < 4.78 is 5.28. The molecule has 1 unspecified atom stereocenters. The van der Waals surface area contributed by atoms with E-state index in [1.165, 1.54) is 6.42 Å². The Hall–Kier alpha value is -0.900. The van der Waals surface area contributed by atoms with Gasteiger partial charge in [0.25, 0.3) is 0 Å². The molecule has 1 N–H and O–H groups in total. The van der Waals surface area contributed by atoms with Crippen LogP contribution in [-0.4, -0.2) is 15.3 Å². The summed E-state index contributed by atoms with van der Waals surface area (Å²) >= 11 is 0. The van der Waals surface area contributed by atoms with E-state index in [2.05, 4.69) is 10.2 Å². The highest BCUT2D eigenvalue weighted by Crippen LogP contribution is 2.35. The molecule has 1 saturated carbocycles. The third-order valence-corrected chi connectivity index (χ3v) is 2.27. The molecule has 0 bridgehead atoms. The highest BCUT2D eigenvalue weighted by Gasteiger charge is 2.25. The molecule has 2 rings (SSSR count). The maximum absolute atomic E-state index is 9.11. The molecule has 0 spiro atoms. The first-order chi connectivity index (χ1) is 5.77. The summed E-state index contributed by atoms with van der Waals surface area (Å²) in [7, 11) is 0. The maximum Gasteiger partial charge on any atom is 0.244 e. The van der Waals surface area contributed by atoms with Crippen molar-refractivity contribution in [2.24, 2.45) is 0 Å². The number of rotatable bonds is 2. The van der Waals surface area contributed by atoms with Crippen molar-refractivity contribution < 1.29 is 9.52 Å². The Morgan fingerprint density at radius 3 is 2.67 bits per heavy atom. The summed E-state index contributed by atoms with van der Waals surface area (Å²) in [5.41, 5.74) is 0. The van der Waals surface area contributed by atoms with Gasteiger partial charge in [-0.05, 0) is 19.8 Å². The molecule has 1 heterocycles. The second-order valence-corrected chi connectivity index (χ2v) is 3.28. The Balaban J connectivity index is 2.12. The van der Waals surface area contributed by atoms with Crippen LogP contribution >= 0.6 is 0 Å². The molecule has 0 aromatic carbocycles. The Kier molecular flexibility index (Phi) is 1.84. The predicted octanol–water partition coefficient (Wildman–Crippen LogP) is 1.39. The standard InChI is InChI=1S/C8H12N2O2/c1-5(11)7-9-10-8(12-7)6-3-2-4-6/h5-6,11H,2-4H2,1H3. The molecule has 0 amide bonds. The summed E-state index contributed by atoms with van der Waals surface area (Å²) in [5, 5.41) is 16.7. The van der Waals surface area contributed by atoms with Crippen molar-refractivity contribution in [1.29, 1.82) is 0 Å². The summed E-state index contributed by atoms with van der Waals surface area (Å²) in [6, 6.07) is 0. The molecule has 4 heteroatoms. The normalized spacial score (nSPS) is 20.5. The SMILES string of the molecule is CC(O)c1nnc(C2CCC2)o1. The van der Waals surface area contributed by atoms with Crippen LogP contribution in [-0.2, 0) is 0 Å². The monoisotopic (exact) mass is 168 g/mol. The number of hydrogen-bond acceptors (Lipinski definition) is 4. The first-order valence-corrected chi connectivity index (χ1v) is 4.28. The van der Waals surface area contributed by atoms with E-state index in [-0.39, 0.29) is 0 Å². The van der Waals surface area contributed by atoms with Crippen LogP contribution in [0.25, 0.3) is 0 Å². The summed E-state index contributed by atoms with van der Waals surface area (Å²) in [5.74, 6) is 1.47. The summed E-state index contributed by atoms with van der Waals surface area (Å²) in [4.78, 5) is 0. The largest absolute Gasteiger partial charge is 0.422 e. The van der Waals surface area contributed by atoms with E-state index in [0.717, 1.165) is 12.8 Å². The van der Waals surface area contributed by atoms with E-state index in [1.54, 1.807) is 6.92 Å². The van der Waals surface area contributed by atoms with Crippen LogP contribution in [0.5, 0.6) is 0 Å². The average molecular weight is 168 g/mol. The molecule has 1 aromatic heterocycles. The molecular formula is C8H12N2O2. The van der Waals surface area contributed by atoms with Crippen LogP contribution in [0.4, 0.5) is 0 Å². The van der Waals surface area contributed by atoms with Crippen LogP contribution in [0.3, 0.4) is 0 Å². The van der Waals surface area contributed by atoms with Gasteiger partial charge in [0.1, 0.15) is 6.10 Å². The second kappa shape index (κ2) is 2.86. The lowest BCUT2D eigenvalue weighted by atomic mass is 9.85. The topological polar surface area (TPSA) is 59.2 Å². The summed E-state index contributed by atoms with van der Waals surface area (Å²) in [6.07, 6.45) is 2.88. The van der Waals surface area contributed by atoms with E-state index in [0.29, 0.717) is 17.7 Å². The molecule has 1 atom stereocenters. The van der Waals surface area contributed by atoms with Crippen molar-refractivity contribution in [2.45, 2.75) is 38.2 Å². The van der Waals surface area contributed by atoms with Crippen molar-refractivity contribution >= 4 is 0 Å². The van der Waals surface area contributed by atoms with Crippen LogP contribution < -0.4 is 0 Å². The van der Waals surface area contributed by atoms with Gasteiger partial charge in [0.15, 0.2) is 0 Å². The number of aliphatic hydroxyl groups excluding tert-OH is 1. The van der Waals surface area contributed by atoms with Gasteiger partial charge in [-0.3, -0.25) is 0 Å². The molecule has 66 valence electrons. The molecule has 4 nitrogen and oxygen atoms in total. The van der Waals surface area contributed by atoms with Gasteiger partial charge >= 0.3 is 0 Å². The Morgan fingerprint density at radius 2 is 2.25 bits per heavy atom.